The van der Waals surface area contributed by atoms with Gasteiger partial charge in [-0.2, -0.15) is 0 Å². The van der Waals surface area contributed by atoms with E-state index in [1.165, 1.54) is 0 Å². The quantitative estimate of drug-likeness (QED) is 0.472. The molecule has 2 saturated heterocycles. The SMILES string of the molecule is CN1CC=C[C@@H]2O[C@]34C=CCN(c5ccc6ccccc6c5)C(=O)C3N(CCCCCO)C(=O)[C@@H]4[C@@H]2C1=O. The Morgan fingerprint density at radius 2 is 1.76 bits per heavy atom. The van der Waals surface area contributed by atoms with E-state index in [-0.39, 0.29) is 24.3 Å². The van der Waals surface area contributed by atoms with Crippen LogP contribution < -0.4 is 4.90 Å². The van der Waals surface area contributed by atoms with Crippen LogP contribution in [0, 0.1) is 11.8 Å². The monoisotopic (exact) mass is 515 g/mol. The Labute approximate surface area is 222 Å². The number of amides is 3. The molecule has 1 N–H and O–H groups in total. The highest BCUT2D eigenvalue weighted by atomic mass is 16.5. The zero-order chi connectivity index (χ0) is 26.4. The molecule has 38 heavy (non-hydrogen) atoms. The molecular weight excluding hydrogens is 482 g/mol. The van der Waals surface area contributed by atoms with E-state index in [9.17, 15) is 19.5 Å². The average Bonchev–Trinajstić information content (AvgIpc) is 3.24. The van der Waals surface area contributed by atoms with Gasteiger partial charge in [0.25, 0.3) is 5.91 Å². The highest BCUT2D eigenvalue weighted by Crippen LogP contribution is 2.53. The summed E-state index contributed by atoms with van der Waals surface area (Å²) < 4.78 is 6.64. The van der Waals surface area contributed by atoms with Gasteiger partial charge in [0.2, 0.25) is 11.8 Å². The molecule has 2 aromatic carbocycles. The molecule has 4 aliphatic rings. The van der Waals surface area contributed by atoms with Crippen molar-refractivity contribution in [2.75, 3.05) is 38.2 Å². The number of benzene rings is 2. The van der Waals surface area contributed by atoms with Crippen molar-refractivity contribution in [2.24, 2.45) is 11.8 Å². The number of aliphatic hydroxyl groups is 1. The predicted octanol–water partition coefficient (Wildman–Crippen LogP) is 2.51. The standard InChI is InChI=1S/C30H33N3O5/c1-31-15-7-11-23-24(27(31)35)25-28(36)33(16-5-2-6-18-34)26-29(37)32(17-8-14-30(25,26)38-23)22-13-12-20-9-3-4-10-21(20)19-22/h3-4,7-14,19,23-26,34H,2,5-6,15-18H2,1H3/t23-,24+,25-,26?,30-/m0/s1. The second-order valence-corrected chi connectivity index (χ2v) is 10.7. The molecule has 8 nitrogen and oxygen atoms in total. The summed E-state index contributed by atoms with van der Waals surface area (Å²) in [5.74, 6) is -2.00. The normalized spacial score (nSPS) is 30.5. The summed E-state index contributed by atoms with van der Waals surface area (Å²) in [5, 5.41) is 11.3. The van der Waals surface area contributed by atoms with Gasteiger partial charge in [0.05, 0.1) is 17.9 Å². The third-order valence-corrected chi connectivity index (χ3v) is 8.46. The molecule has 1 unspecified atom stereocenters. The first-order valence-electron chi connectivity index (χ1n) is 13.4. The number of likely N-dealkylation sites (N-methyl/N-ethyl adjacent to an activating group) is 1. The number of rotatable bonds is 6. The number of hydrogen-bond donors (Lipinski definition) is 1. The Morgan fingerprint density at radius 3 is 2.58 bits per heavy atom. The van der Waals surface area contributed by atoms with Crippen molar-refractivity contribution in [3.05, 3.63) is 66.8 Å². The van der Waals surface area contributed by atoms with Crippen molar-refractivity contribution in [1.29, 1.82) is 0 Å². The van der Waals surface area contributed by atoms with E-state index in [2.05, 4.69) is 0 Å². The topological polar surface area (TPSA) is 90.4 Å². The van der Waals surface area contributed by atoms with E-state index in [1.807, 2.05) is 66.8 Å². The lowest BCUT2D eigenvalue weighted by molar-refractivity contribution is -0.143. The van der Waals surface area contributed by atoms with E-state index < -0.39 is 29.6 Å². The first-order chi connectivity index (χ1) is 18.5. The molecule has 2 aromatic rings. The largest absolute Gasteiger partial charge is 0.396 e. The van der Waals surface area contributed by atoms with Crippen molar-refractivity contribution >= 4 is 34.2 Å². The molecule has 0 aromatic heterocycles. The first-order valence-corrected chi connectivity index (χ1v) is 13.4. The number of carbonyl (C=O) groups excluding carboxylic acids is 3. The summed E-state index contributed by atoms with van der Waals surface area (Å²) in [6, 6.07) is 13.1. The van der Waals surface area contributed by atoms with Gasteiger partial charge in [-0.3, -0.25) is 14.4 Å². The van der Waals surface area contributed by atoms with Crippen LogP contribution in [0.4, 0.5) is 5.69 Å². The maximum atomic E-state index is 14.4. The molecule has 6 rings (SSSR count). The Bertz CT molecular complexity index is 1340. The van der Waals surface area contributed by atoms with E-state index >= 15 is 0 Å². The molecular formula is C30H33N3O5. The van der Waals surface area contributed by atoms with Crippen molar-refractivity contribution in [3.63, 3.8) is 0 Å². The summed E-state index contributed by atoms with van der Waals surface area (Å²) in [4.78, 5) is 47.0. The van der Waals surface area contributed by atoms with Gasteiger partial charge in [-0.05, 0) is 42.2 Å². The van der Waals surface area contributed by atoms with E-state index in [0.717, 1.165) is 22.9 Å². The highest BCUT2D eigenvalue weighted by Gasteiger charge is 2.71. The lowest BCUT2D eigenvalue weighted by atomic mass is 9.77. The minimum atomic E-state index is -1.22. The summed E-state index contributed by atoms with van der Waals surface area (Å²) >= 11 is 0. The molecule has 3 amide bonds. The van der Waals surface area contributed by atoms with Crippen molar-refractivity contribution < 1.29 is 24.2 Å². The smallest absolute Gasteiger partial charge is 0.253 e. The van der Waals surface area contributed by atoms with Crippen LogP contribution in [0.5, 0.6) is 0 Å². The first kappa shape index (κ1) is 24.8. The van der Waals surface area contributed by atoms with Crippen molar-refractivity contribution in [3.8, 4) is 0 Å². The lowest BCUT2D eigenvalue weighted by Crippen LogP contribution is -2.55. The second kappa shape index (κ2) is 9.67. The minimum absolute atomic E-state index is 0.0847. The Kier molecular flexibility index (Phi) is 6.32. The Morgan fingerprint density at radius 1 is 0.947 bits per heavy atom. The molecule has 4 aliphatic heterocycles. The highest BCUT2D eigenvalue weighted by molar-refractivity contribution is 6.06. The summed E-state index contributed by atoms with van der Waals surface area (Å²) in [6.07, 6.45) is 9.02. The van der Waals surface area contributed by atoms with Crippen molar-refractivity contribution in [2.45, 2.75) is 37.0 Å². The van der Waals surface area contributed by atoms with E-state index in [0.29, 0.717) is 32.5 Å². The Hall–Kier alpha value is -3.49. The molecule has 0 radical (unpaired) electrons. The van der Waals surface area contributed by atoms with Gasteiger partial charge in [0.15, 0.2) is 0 Å². The van der Waals surface area contributed by atoms with Crippen LogP contribution in [0.25, 0.3) is 10.8 Å². The lowest BCUT2D eigenvalue weighted by Gasteiger charge is -2.35. The molecule has 0 saturated carbocycles. The maximum Gasteiger partial charge on any atom is 0.253 e. The summed E-state index contributed by atoms with van der Waals surface area (Å²) in [5.41, 5.74) is -0.459. The number of anilines is 1. The summed E-state index contributed by atoms with van der Waals surface area (Å²) in [6.45, 7) is 1.26. The zero-order valence-corrected chi connectivity index (χ0v) is 21.5. The fourth-order valence-corrected chi connectivity index (χ4v) is 6.65. The van der Waals surface area contributed by atoms with Crippen LogP contribution in [0.2, 0.25) is 0 Å². The van der Waals surface area contributed by atoms with Gasteiger partial charge in [0, 0.05) is 39.0 Å². The molecule has 0 bridgehead atoms. The third-order valence-electron chi connectivity index (χ3n) is 8.46. The zero-order valence-electron chi connectivity index (χ0n) is 21.5. The van der Waals surface area contributed by atoms with Crippen molar-refractivity contribution in [1.82, 2.24) is 9.80 Å². The molecule has 2 fully saturated rings. The third kappa shape index (κ3) is 3.77. The minimum Gasteiger partial charge on any atom is -0.396 e. The van der Waals surface area contributed by atoms with E-state index in [1.54, 1.807) is 21.7 Å². The van der Waals surface area contributed by atoms with Gasteiger partial charge >= 0.3 is 0 Å². The molecule has 0 aliphatic carbocycles. The molecule has 198 valence electrons. The number of likely N-dealkylation sites (tertiary alicyclic amines) is 1. The molecule has 1 spiro atoms. The van der Waals surface area contributed by atoms with E-state index in [4.69, 9.17) is 4.74 Å². The van der Waals surface area contributed by atoms with Crippen LogP contribution in [0.3, 0.4) is 0 Å². The predicted molar refractivity (Wildman–Crippen MR) is 143 cm³/mol. The van der Waals surface area contributed by atoms with Crippen LogP contribution >= 0.6 is 0 Å². The fraction of sp³-hybridized carbons (Fsp3) is 0.433. The number of unbranched alkanes of at least 4 members (excludes halogenated alkanes) is 2. The number of hydrogen-bond acceptors (Lipinski definition) is 5. The van der Waals surface area contributed by atoms with Gasteiger partial charge in [0.1, 0.15) is 11.6 Å². The van der Waals surface area contributed by atoms with Gasteiger partial charge in [-0.1, -0.05) is 54.6 Å². The second-order valence-electron chi connectivity index (χ2n) is 10.7. The van der Waals surface area contributed by atoms with Crippen LogP contribution in [-0.2, 0) is 19.1 Å². The number of aliphatic hydroxyl groups excluding tert-OH is 1. The number of nitrogens with zero attached hydrogens (tertiary/aromatic N) is 3. The van der Waals surface area contributed by atoms with Gasteiger partial charge < -0.3 is 24.5 Å². The molecule has 8 heteroatoms. The Balaban J connectivity index is 1.42. The van der Waals surface area contributed by atoms with Crippen LogP contribution in [0.1, 0.15) is 19.3 Å². The molecule has 5 atom stereocenters. The average molecular weight is 516 g/mol. The molecule has 4 heterocycles. The number of fused-ring (bicyclic) bond motifs is 3. The number of ether oxygens (including phenoxy) is 1. The van der Waals surface area contributed by atoms with Crippen LogP contribution in [0.15, 0.2) is 66.8 Å². The maximum absolute atomic E-state index is 14.4. The van der Waals surface area contributed by atoms with Crippen LogP contribution in [-0.4, -0.2) is 83.7 Å². The fourth-order valence-electron chi connectivity index (χ4n) is 6.65. The van der Waals surface area contributed by atoms with Gasteiger partial charge in [-0.15, -0.1) is 0 Å². The summed E-state index contributed by atoms with van der Waals surface area (Å²) in [7, 11) is 1.74. The number of carbonyl (C=O) groups is 3. The van der Waals surface area contributed by atoms with Gasteiger partial charge in [-0.25, -0.2) is 0 Å².